The Morgan fingerprint density at radius 1 is 1.12 bits per heavy atom. The Labute approximate surface area is 251 Å². The lowest BCUT2D eigenvalue weighted by molar-refractivity contribution is -0.158. The summed E-state index contributed by atoms with van der Waals surface area (Å²) >= 11 is 9.66. The molecule has 0 unspecified atom stereocenters. The van der Waals surface area contributed by atoms with Gasteiger partial charge in [-0.1, -0.05) is 39.7 Å². The van der Waals surface area contributed by atoms with E-state index in [2.05, 4.69) is 21.2 Å². The van der Waals surface area contributed by atoms with E-state index in [1.807, 2.05) is 12.2 Å². The second-order valence-corrected chi connectivity index (χ2v) is 12.1. The monoisotopic (exact) mass is 649 g/mol. The standard InChI is InChI=1S/C29H33BrClN3O7/c1-17-16-32-21(36)7-3-2-4-12-33(19-10-8-18(31)9-11-19)27(38)25-29-15-20(30)24(41-29)22(28(39)40-17)23(29)26(37)34(25)13-5-6-14-35/h2,4,8-11,15,17,22-25,35H,3,5-7,12-14,16H2,1H3,(H,32,36)/b4-2-/t17-,22+,23-,24+,25+,29-/m0/s1. The van der Waals surface area contributed by atoms with Crippen molar-refractivity contribution in [2.24, 2.45) is 11.8 Å². The number of likely N-dealkylation sites (tertiary alicyclic amines) is 1. The van der Waals surface area contributed by atoms with Gasteiger partial charge >= 0.3 is 5.97 Å². The third kappa shape index (κ3) is 5.57. The fourth-order valence-corrected chi connectivity index (χ4v) is 7.03. The van der Waals surface area contributed by atoms with Crippen LogP contribution in [0.15, 0.2) is 47.0 Å². The third-order valence-electron chi connectivity index (χ3n) is 8.04. The molecule has 5 rings (SSSR count). The number of unbranched alkanes of at least 4 members (excludes halogenated alkanes) is 1. The van der Waals surface area contributed by atoms with Crippen LogP contribution in [-0.4, -0.2) is 83.8 Å². The van der Waals surface area contributed by atoms with E-state index in [1.165, 1.54) is 4.90 Å². The van der Waals surface area contributed by atoms with Crippen LogP contribution in [0.1, 0.15) is 32.6 Å². The van der Waals surface area contributed by atoms with Gasteiger partial charge in [0.1, 0.15) is 29.8 Å². The molecule has 1 spiro atoms. The number of anilines is 1. The number of amides is 3. The molecule has 5 bridgehead atoms. The molecular formula is C29H33BrClN3O7. The summed E-state index contributed by atoms with van der Waals surface area (Å²) in [6.07, 6.45) is 5.60. The van der Waals surface area contributed by atoms with E-state index in [0.29, 0.717) is 34.5 Å². The van der Waals surface area contributed by atoms with Gasteiger partial charge in [0.15, 0.2) is 0 Å². The van der Waals surface area contributed by atoms with Gasteiger partial charge in [-0.25, -0.2) is 0 Å². The predicted molar refractivity (Wildman–Crippen MR) is 154 cm³/mol. The van der Waals surface area contributed by atoms with E-state index in [9.17, 15) is 24.3 Å². The number of hydrogen-bond acceptors (Lipinski definition) is 7. The molecule has 4 heterocycles. The first-order valence-corrected chi connectivity index (χ1v) is 15.0. The highest BCUT2D eigenvalue weighted by Gasteiger charge is 2.74. The number of nitrogens with one attached hydrogen (secondary N) is 1. The second-order valence-electron chi connectivity index (χ2n) is 10.8. The number of esters is 1. The molecule has 0 aliphatic carbocycles. The largest absolute Gasteiger partial charge is 0.460 e. The molecule has 0 aromatic heterocycles. The summed E-state index contributed by atoms with van der Waals surface area (Å²) in [6, 6.07) is 5.76. The quantitative estimate of drug-likeness (QED) is 0.285. The Morgan fingerprint density at radius 3 is 2.61 bits per heavy atom. The van der Waals surface area contributed by atoms with Crippen LogP contribution < -0.4 is 10.2 Å². The summed E-state index contributed by atoms with van der Waals surface area (Å²) in [4.78, 5) is 57.7. The molecule has 3 amide bonds. The van der Waals surface area contributed by atoms with Gasteiger partial charge in [-0.3, -0.25) is 19.2 Å². The van der Waals surface area contributed by atoms with Crippen molar-refractivity contribution in [1.82, 2.24) is 10.2 Å². The normalized spacial score (nSPS) is 33.0. The van der Waals surface area contributed by atoms with Gasteiger partial charge in [-0.05, 0) is 56.5 Å². The van der Waals surface area contributed by atoms with Crippen molar-refractivity contribution >= 4 is 56.9 Å². The summed E-state index contributed by atoms with van der Waals surface area (Å²) in [5.41, 5.74) is -0.817. The Balaban J connectivity index is 1.60. The minimum Gasteiger partial charge on any atom is -0.460 e. The van der Waals surface area contributed by atoms with Crippen molar-refractivity contribution in [2.75, 3.05) is 31.1 Å². The zero-order chi connectivity index (χ0) is 29.3. The molecule has 12 heteroatoms. The Hall–Kier alpha value is -2.73. The molecule has 2 fully saturated rings. The minimum atomic E-state index is -1.39. The average molecular weight is 651 g/mol. The van der Waals surface area contributed by atoms with E-state index in [4.69, 9.17) is 21.1 Å². The Morgan fingerprint density at radius 2 is 1.88 bits per heavy atom. The van der Waals surface area contributed by atoms with Crippen LogP contribution in [0.4, 0.5) is 5.69 Å². The summed E-state index contributed by atoms with van der Waals surface area (Å²) in [7, 11) is 0. The molecular weight excluding hydrogens is 618 g/mol. The number of cyclic esters (lactones) is 1. The molecule has 6 atom stereocenters. The summed E-state index contributed by atoms with van der Waals surface area (Å²) in [5, 5.41) is 12.7. The van der Waals surface area contributed by atoms with E-state index >= 15 is 0 Å². The summed E-state index contributed by atoms with van der Waals surface area (Å²) < 4.78 is 12.7. The number of nitrogens with zero attached hydrogens (tertiary/aromatic N) is 2. The average Bonchev–Trinajstić information content (AvgIpc) is 3.53. The molecule has 4 aliphatic heterocycles. The van der Waals surface area contributed by atoms with Gasteiger partial charge in [-0.15, -0.1) is 0 Å². The predicted octanol–water partition coefficient (Wildman–Crippen LogP) is 2.72. The minimum absolute atomic E-state index is 0.0513. The molecule has 41 heavy (non-hydrogen) atoms. The molecule has 0 radical (unpaired) electrons. The number of hydrogen-bond donors (Lipinski definition) is 2. The van der Waals surface area contributed by atoms with Gasteiger partial charge in [0.05, 0.1) is 12.5 Å². The SMILES string of the molecule is C[C@H]1CNC(=O)CC/C=C\CN(c2ccc(Cl)cc2)C(=O)[C@H]2N(CCCCO)C(=O)[C@@H]3[C@@H](C(=O)O1)[C@@H]1O[C@@]32C=C1Br. The molecule has 2 N–H and O–H groups in total. The van der Waals surface area contributed by atoms with Crippen LogP contribution in [-0.2, 0) is 28.7 Å². The topological polar surface area (TPSA) is 125 Å². The van der Waals surface area contributed by atoms with Gasteiger partial charge < -0.3 is 29.7 Å². The third-order valence-corrected chi connectivity index (χ3v) is 8.97. The highest BCUT2D eigenvalue weighted by molar-refractivity contribution is 9.11. The zero-order valence-corrected chi connectivity index (χ0v) is 25.0. The lowest BCUT2D eigenvalue weighted by atomic mass is 9.74. The first-order chi connectivity index (χ1) is 19.7. The van der Waals surface area contributed by atoms with E-state index < -0.39 is 41.7 Å². The van der Waals surface area contributed by atoms with Gasteiger partial charge in [0.2, 0.25) is 11.8 Å². The van der Waals surface area contributed by atoms with Crippen molar-refractivity contribution in [3.05, 3.63) is 52.0 Å². The number of carbonyl (C=O) groups is 4. The van der Waals surface area contributed by atoms with E-state index in [1.54, 1.807) is 42.2 Å². The van der Waals surface area contributed by atoms with Crippen LogP contribution in [0, 0.1) is 11.8 Å². The van der Waals surface area contributed by atoms with E-state index in [-0.39, 0.29) is 50.4 Å². The molecule has 220 valence electrons. The molecule has 2 saturated heterocycles. The zero-order valence-electron chi connectivity index (χ0n) is 22.6. The molecule has 4 aliphatic rings. The van der Waals surface area contributed by atoms with Crippen molar-refractivity contribution < 1.29 is 33.8 Å². The van der Waals surface area contributed by atoms with Crippen molar-refractivity contribution in [1.29, 1.82) is 0 Å². The maximum Gasteiger partial charge on any atom is 0.313 e. The van der Waals surface area contributed by atoms with E-state index in [0.717, 1.165) is 0 Å². The van der Waals surface area contributed by atoms with Gasteiger partial charge in [-0.2, -0.15) is 0 Å². The number of aliphatic hydroxyl groups is 1. The lowest BCUT2D eigenvalue weighted by Crippen LogP contribution is -2.56. The van der Waals surface area contributed by atoms with Crippen LogP contribution in [0.2, 0.25) is 5.02 Å². The summed E-state index contributed by atoms with van der Waals surface area (Å²) in [6.45, 7) is 2.14. The molecule has 1 aromatic carbocycles. The first kappa shape index (κ1) is 29.8. The van der Waals surface area contributed by atoms with Crippen LogP contribution in [0.5, 0.6) is 0 Å². The smallest absolute Gasteiger partial charge is 0.313 e. The Bertz CT molecular complexity index is 1270. The molecule has 10 nitrogen and oxygen atoms in total. The number of allylic oxidation sites excluding steroid dienone is 1. The highest BCUT2D eigenvalue weighted by Crippen LogP contribution is 2.59. The van der Waals surface area contributed by atoms with Gasteiger partial charge in [0.25, 0.3) is 5.91 Å². The van der Waals surface area contributed by atoms with Crippen LogP contribution in [0.25, 0.3) is 0 Å². The number of benzene rings is 1. The number of carbonyl (C=O) groups excluding carboxylic acids is 4. The van der Waals surface area contributed by atoms with Crippen molar-refractivity contribution in [3.8, 4) is 0 Å². The number of fused-ring (bicyclic) bond motifs is 2. The second kappa shape index (κ2) is 12.2. The maximum absolute atomic E-state index is 14.6. The molecule has 1 aromatic rings. The Kier molecular flexibility index (Phi) is 8.89. The van der Waals surface area contributed by atoms with Crippen LogP contribution in [0.3, 0.4) is 0 Å². The van der Waals surface area contributed by atoms with Gasteiger partial charge in [0, 0.05) is 41.3 Å². The number of halogens is 2. The first-order valence-electron chi connectivity index (χ1n) is 13.8. The lowest BCUT2D eigenvalue weighted by Gasteiger charge is -2.36. The number of aliphatic hydroxyl groups excluding tert-OH is 1. The maximum atomic E-state index is 14.6. The van der Waals surface area contributed by atoms with Crippen molar-refractivity contribution in [3.63, 3.8) is 0 Å². The fourth-order valence-electron chi connectivity index (χ4n) is 6.17. The fraction of sp³-hybridized carbons (Fsp3) is 0.517. The van der Waals surface area contributed by atoms with Crippen molar-refractivity contribution in [2.45, 2.75) is 56.5 Å². The van der Waals surface area contributed by atoms with Crippen LogP contribution >= 0.6 is 27.5 Å². The number of ether oxygens (including phenoxy) is 2. The number of rotatable bonds is 5. The molecule has 0 saturated carbocycles. The summed E-state index contributed by atoms with van der Waals surface area (Å²) in [5.74, 6) is -3.49. The highest BCUT2D eigenvalue weighted by atomic mass is 79.9.